The second-order valence-corrected chi connectivity index (χ2v) is 8.19. The summed E-state index contributed by atoms with van der Waals surface area (Å²) >= 11 is 0. The van der Waals surface area contributed by atoms with Crippen molar-refractivity contribution in [3.63, 3.8) is 0 Å². The van der Waals surface area contributed by atoms with Gasteiger partial charge >= 0.3 is 6.09 Å². The predicted octanol–water partition coefficient (Wildman–Crippen LogP) is 2.88. The van der Waals surface area contributed by atoms with E-state index in [0.29, 0.717) is 12.8 Å². The van der Waals surface area contributed by atoms with Crippen LogP contribution in [0, 0.1) is 5.92 Å². The molecule has 33 heavy (non-hydrogen) atoms. The van der Waals surface area contributed by atoms with Gasteiger partial charge in [-0.1, -0.05) is 66.7 Å². The lowest BCUT2D eigenvalue weighted by molar-refractivity contribution is -0.136. The average Bonchev–Trinajstić information content (AvgIpc) is 3.18. The van der Waals surface area contributed by atoms with Gasteiger partial charge in [0.2, 0.25) is 11.8 Å². The van der Waals surface area contributed by atoms with Gasteiger partial charge in [-0.05, 0) is 30.4 Å². The molecule has 3 amide bonds. The normalized spacial score (nSPS) is 17.2. The lowest BCUT2D eigenvalue weighted by Gasteiger charge is -2.25. The summed E-state index contributed by atoms with van der Waals surface area (Å²) in [5.74, 6) is -1.56. The SMILES string of the molecule is C=CC[C@@H](CC(=O)N[C@@H](CO)Cc1ccccc1)C(=O)N1C(=O)OC[C@H]1Cc1ccccc1. The molecule has 0 aromatic heterocycles. The molecule has 1 saturated heterocycles. The molecule has 0 aliphatic carbocycles. The van der Waals surface area contributed by atoms with Crippen LogP contribution in [-0.2, 0) is 27.2 Å². The molecule has 1 fully saturated rings. The molecule has 0 bridgehead atoms. The number of nitrogens with one attached hydrogen (secondary N) is 1. The first-order chi connectivity index (χ1) is 16.0. The van der Waals surface area contributed by atoms with Gasteiger partial charge < -0.3 is 15.2 Å². The number of hydrogen-bond donors (Lipinski definition) is 2. The first kappa shape index (κ1) is 24.2. The van der Waals surface area contributed by atoms with Gasteiger partial charge in [-0.3, -0.25) is 9.59 Å². The summed E-state index contributed by atoms with van der Waals surface area (Å²) in [4.78, 5) is 39.5. The number of nitrogens with zero attached hydrogens (tertiary/aromatic N) is 1. The van der Waals surface area contributed by atoms with E-state index in [2.05, 4.69) is 11.9 Å². The zero-order valence-corrected chi connectivity index (χ0v) is 18.6. The second kappa shape index (κ2) is 12.0. The highest BCUT2D eigenvalue weighted by Gasteiger charge is 2.41. The molecule has 3 rings (SSSR count). The number of carbonyl (C=O) groups is 3. The van der Waals surface area contributed by atoms with Crippen LogP contribution in [0.1, 0.15) is 24.0 Å². The van der Waals surface area contributed by atoms with Crippen molar-refractivity contribution in [3.8, 4) is 0 Å². The topological polar surface area (TPSA) is 95.9 Å². The molecule has 2 aromatic carbocycles. The van der Waals surface area contributed by atoms with E-state index in [9.17, 15) is 19.5 Å². The minimum absolute atomic E-state index is 0.113. The minimum atomic E-state index is -0.748. The summed E-state index contributed by atoms with van der Waals surface area (Å²) in [6, 6.07) is 18.2. The fourth-order valence-corrected chi connectivity index (χ4v) is 4.01. The Bertz CT molecular complexity index is 948. The molecule has 1 aliphatic rings. The monoisotopic (exact) mass is 450 g/mol. The number of benzene rings is 2. The van der Waals surface area contributed by atoms with E-state index in [1.54, 1.807) is 6.08 Å². The maximum atomic E-state index is 13.3. The van der Waals surface area contributed by atoms with Crippen molar-refractivity contribution in [2.75, 3.05) is 13.2 Å². The van der Waals surface area contributed by atoms with Crippen molar-refractivity contribution in [3.05, 3.63) is 84.4 Å². The number of carbonyl (C=O) groups excluding carboxylic acids is 3. The molecule has 2 aromatic rings. The van der Waals surface area contributed by atoms with E-state index in [4.69, 9.17) is 4.74 Å². The van der Waals surface area contributed by atoms with Crippen molar-refractivity contribution >= 4 is 17.9 Å². The van der Waals surface area contributed by atoms with Crippen LogP contribution in [0.25, 0.3) is 0 Å². The molecule has 1 heterocycles. The average molecular weight is 451 g/mol. The van der Waals surface area contributed by atoms with Crippen LogP contribution in [-0.4, -0.2) is 53.2 Å². The van der Waals surface area contributed by atoms with E-state index in [0.717, 1.165) is 16.0 Å². The molecule has 7 nitrogen and oxygen atoms in total. The number of ether oxygens (including phenoxy) is 1. The van der Waals surface area contributed by atoms with E-state index in [1.807, 2.05) is 60.7 Å². The third-order valence-electron chi connectivity index (χ3n) is 5.66. The number of aliphatic hydroxyl groups is 1. The number of aliphatic hydroxyl groups excluding tert-OH is 1. The summed E-state index contributed by atoms with van der Waals surface area (Å²) in [5.41, 5.74) is 1.97. The highest BCUT2D eigenvalue weighted by Crippen LogP contribution is 2.23. The highest BCUT2D eigenvalue weighted by atomic mass is 16.6. The summed E-state index contributed by atoms with van der Waals surface area (Å²) in [7, 11) is 0. The molecular weight excluding hydrogens is 420 g/mol. The quantitative estimate of drug-likeness (QED) is 0.513. The number of imide groups is 1. The molecule has 174 valence electrons. The fourth-order valence-electron chi connectivity index (χ4n) is 4.01. The molecule has 0 radical (unpaired) electrons. The maximum Gasteiger partial charge on any atom is 0.416 e. The molecule has 1 aliphatic heterocycles. The van der Waals surface area contributed by atoms with Gasteiger partial charge in [0.1, 0.15) is 6.61 Å². The summed E-state index contributed by atoms with van der Waals surface area (Å²) in [6.45, 7) is 3.59. The zero-order chi connectivity index (χ0) is 23.6. The lowest BCUT2D eigenvalue weighted by atomic mass is 9.97. The molecule has 2 N–H and O–H groups in total. The van der Waals surface area contributed by atoms with Crippen LogP contribution >= 0.6 is 0 Å². The van der Waals surface area contributed by atoms with Crippen LogP contribution in [0.15, 0.2) is 73.3 Å². The van der Waals surface area contributed by atoms with E-state index in [1.165, 1.54) is 0 Å². The molecule has 0 spiro atoms. The summed E-state index contributed by atoms with van der Waals surface area (Å²) in [6.07, 6.45) is 1.97. The van der Waals surface area contributed by atoms with E-state index < -0.39 is 30.0 Å². The van der Waals surface area contributed by atoms with Crippen LogP contribution < -0.4 is 5.32 Å². The molecule has 7 heteroatoms. The third kappa shape index (κ3) is 6.76. The number of amides is 3. The molecule has 0 unspecified atom stereocenters. The van der Waals surface area contributed by atoms with Gasteiger partial charge in [-0.2, -0.15) is 0 Å². The Morgan fingerprint density at radius 2 is 1.76 bits per heavy atom. The Morgan fingerprint density at radius 1 is 1.12 bits per heavy atom. The Morgan fingerprint density at radius 3 is 2.36 bits per heavy atom. The Kier molecular flexibility index (Phi) is 8.78. The maximum absolute atomic E-state index is 13.3. The lowest BCUT2D eigenvalue weighted by Crippen LogP contribution is -2.46. The Hall–Kier alpha value is -3.45. The highest BCUT2D eigenvalue weighted by molar-refractivity contribution is 5.96. The largest absolute Gasteiger partial charge is 0.447 e. The van der Waals surface area contributed by atoms with Gasteiger partial charge in [0.05, 0.1) is 24.6 Å². The summed E-state index contributed by atoms with van der Waals surface area (Å²) < 4.78 is 5.16. The minimum Gasteiger partial charge on any atom is -0.447 e. The second-order valence-electron chi connectivity index (χ2n) is 8.19. The number of allylic oxidation sites excluding steroid dienone is 1. The Labute approximate surface area is 194 Å². The fraction of sp³-hybridized carbons (Fsp3) is 0.346. The van der Waals surface area contributed by atoms with Crippen LogP contribution in [0.4, 0.5) is 4.79 Å². The Balaban J connectivity index is 1.64. The van der Waals surface area contributed by atoms with Gasteiger partial charge in [0.25, 0.3) is 0 Å². The van der Waals surface area contributed by atoms with Crippen LogP contribution in [0.2, 0.25) is 0 Å². The first-order valence-corrected chi connectivity index (χ1v) is 11.1. The van der Waals surface area contributed by atoms with Gasteiger partial charge in [0, 0.05) is 6.42 Å². The number of cyclic esters (lactones) is 1. The van der Waals surface area contributed by atoms with Crippen molar-refractivity contribution in [1.82, 2.24) is 10.2 Å². The van der Waals surface area contributed by atoms with Gasteiger partial charge in [-0.25, -0.2) is 9.69 Å². The molecular formula is C26H30N2O5. The zero-order valence-electron chi connectivity index (χ0n) is 18.6. The third-order valence-corrected chi connectivity index (χ3v) is 5.66. The van der Waals surface area contributed by atoms with Crippen molar-refractivity contribution in [2.24, 2.45) is 5.92 Å². The van der Waals surface area contributed by atoms with Gasteiger partial charge in [0.15, 0.2) is 0 Å². The van der Waals surface area contributed by atoms with Crippen LogP contribution in [0.5, 0.6) is 0 Å². The van der Waals surface area contributed by atoms with Crippen molar-refractivity contribution < 1.29 is 24.2 Å². The molecule has 0 saturated carbocycles. The van der Waals surface area contributed by atoms with Gasteiger partial charge in [-0.15, -0.1) is 6.58 Å². The summed E-state index contributed by atoms with van der Waals surface area (Å²) in [5, 5.41) is 12.5. The number of hydrogen-bond acceptors (Lipinski definition) is 5. The number of rotatable bonds is 11. The smallest absolute Gasteiger partial charge is 0.416 e. The van der Waals surface area contributed by atoms with Crippen molar-refractivity contribution in [1.29, 1.82) is 0 Å². The van der Waals surface area contributed by atoms with Crippen molar-refractivity contribution in [2.45, 2.75) is 37.8 Å². The first-order valence-electron chi connectivity index (χ1n) is 11.1. The molecule has 3 atom stereocenters. The van der Waals surface area contributed by atoms with E-state index >= 15 is 0 Å². The van der Waals surface area contributed by atoms with Crippen LogP contribution in [0.3, 0.4) is 0 Å². The predicted molar refractivity (Wildman–Crippen MR) is 124 cm³/mol. The van der Waals surface area contributed by atoms with E-state index in [-0.39, 0.29) is 32.0 Å². The standard InChI is InChI=1S/C26H30N2O5/c1-2-9-21(16-24(30)27-22(17-29)14-19-10-5-3-6-11-19)25(31)28-23(18-33-26(28)32)15-20-12-7-4-8-13-20/h2-8,10-13,21-23,29H,1,9,14-18H2,(H,27,30)/t21-,22+,23+/m0/s1.